The van der Waals surface area contributed by atoms with E-state index in [-0.39, 0.29) is 19.3 Å². The van der Waals surface area contributed by atoms with Crippen LogP contribution >= 0.6 is 15.6 Å². The number of phosphoric ester groups is 2. The Hall–Kier alpha value is -4.83. The number of hydrogen-bond donors (Lipinski definition) is 4. The minimum absolute atomic E-state index is 0.0759. The Bertz CT molecular complexity index is 2400. The summed E-state index contributed by atoms with van der Waals surface area (Å²) in [5.41, 5.74) is 0. The molecule has 0 rings (SSSR count). The number of ether oxygens (including phenoxy) is 3. The highest BCUT2D eigenvalue weighted by Gasteiger charge is 2.29. The van der Waals surface area contributed by atoms with Gasteiger partial charge in [0.05, 0.1) is 26.4 Å². The predicted octanol–water partition coefficient (Wildman–Crippen LogP) is 21.1. The first-order valence-electron chi connectivity index (χ1n) is 36.8. The Labute approximate surface area is 587 Å². The molecule has 97 heavy (non-hydrogen) atoms. The van der Waals surface area contributed by atoms with Crippen molar-refractivity contribution in [3.63, 3.8) is 0 Å². The SMILES string of the molecule is CC/C=C\C/C=C\C/C=C\C/C=C\C/C=C\C/C=C\CCCCCCCCCCCCC(=O)OCC(O)COP(=O)(O)OCC(O)COP(=O)(O)OCC(COC(=O)CCCCC/C=C\C/C=C\C/C=C\C/C=C\C/C=C\CC)OC(=O)CCCCCCC/C=C\C/C=C\CCC. The molecular weight excluding hydrogens is 1270 g/mol. The summed E-state index contributed by atoms with van der Waals surface area (Å²) in [4.78, 5) is 58.5. The Morgan fingerprint density at radius 2 is 0.546 bits per heavy atom. The Kier molecular flexibility index (Phi) is 67.5. The van der Waals surface area contributed by atoms with Crippen LogP contribution in [0, 0.1) is 0 Å². The second-order valence-corrected chi connectivity index (χ2v) is 26.9. The number of hydrogen-bond acceptors (Lipinski definition) is 14. The summed E-state index contributed by atoms with van der Waals surface area (Å²) in [5, 5.41) is 20.6. The van der Waals surface area contributed by atoms with E-state index in [0.717, 1.165) is 173 Å². The van der Waals surface area contributed by atoms with Crippen LogP contribution in [-0.2, 0) is 55.8 Å². The summed E-state index contributed by atoms with van der Waals surface area (Å²) in [6.45, 7) is 2.30. The second-order valence-electron chi connectivity index (χ2n) is 24.0. The van der Waals surface area contributed by atoms with Crippen molar-refractivity contribution in [3.8, 4) is 0 Å². The van der Waals surface area contributed by atoms with Crippen molar-refractivity contribution in [1.29, 1.82) is 0 Å². The average Bonchev–Trinajstić information content (AvgIpc) is 1.64. The molecule has 5 unspecified atom stereocenters. The smallest absolute Gasteiger partial charge is 0.463 e. The molecular formula is C79H130O16P2. The number of carbonyl (C=O) groups excluding carboxylic acids is 3. The molecule has 0 aliphatic heterocycles. The maximum atomic E-state index is 12.9. The van der Waals surface area contributed by atoms with Gasteiger partial charge in [0.25, 0.3) is 0 Å². The molecule has 0 amide bonds. The monoisotopic (exact) mass is 1400 g/mol. The van der Waals surface area contributed by atoms with E-state index < -0.39 is 91.5 Å². The lowest BCUT2D eigenvalue weighted by Gasteiger charge is -2.21. The van der Waals surface area contributed by atoms with Crippen molar-refractivity contribution in [2.75, 3.05) is 39.6 Å². The van der Waals surface area contributed by atoms with Gasteiger partial charge in [-0.05, 0) is 141 Å². The van der Waals surface area contributed by atoms with Crippen LogP contribution in [0.5, 0.6) is 0 Å². The van der Waals surface area contributed by atoms with E-state index in [1.807, 2.05) is 0 Å². The van der Waals surface area contributed by atoms with Gasteiger partial charge in [-0.2, -0.15) is 0 Å². The van der Waals surface area contributed by atoms with Crippen molar-refractivity contribution in [3.05, 3.63) is 158 Å². The molecule has 0 bridgehead atoms. The predicted molar refractivity (Wildman–Crippen MR) is 399 cm³/mol. The molecule has 4 N–H and O–H groups in total. The van der Waals surface area contributed by atoms with Crippen molar-refractivity contribution >= 4 is 33.6 Å². The Morgan fingerprint density at radius 1 is 0.299 bits per heavy atom. The number of aliphatic hydroxyl groups is 2. The van der Waals surface area contributed by atoms with Crippen molar-refractivity contribution in [2.45, 2.75) is 283 Å². The maximum absolute atomic E-state index is 12.9. The molecule has 0 radical (unpaired) electrons. The standard InChI is InChI=1S/C79H130O16P2/c1-4-7-10-13-16-19-22-25-27-29-31-32-33-34-35-36-37-38-39-40-42-44-45-48-50-53-56-59-62-65-77(82)89-68-74(80)69-91-96(85,86)92-70-75(81)71-93-97(87,88)94-73-76(95-79(84)67-64-61-58-55-52-47-24-21-18-15-12-9-6-3)72-90-78(83)66-63-60-57-54-51-49-46-43-41-30-28-26-23-20-17-14-11-8-5-2/h7-8,10-12,15-17,19-21,24-28,31-32,34-35,37-38,41,43,49,51,74-76,80-81H,4-6,9,13-14,18,22-23,29-30,33,36,39-40,42,44-48,50,52-73H2,1-3H3,(H,85,86)(H,87,88)/b10-7-,11-8-,15-12-,19-16-,20-17-,24-21-,27-25-,28-26-,32-31-,35-34-,38-37-,43-41-,51-49-. The fraction of sp³-hybridized carbons (Fsp3) is 0.633. The van der Waals surface area contributed by atoms with Crippen molar-refractivity contribution in [1.82, 2.24) is 0 Å². The van der Waals surface area contributed by atoms with Crippen LogP contribution in [0.2, 0.25) is 0 Å². The van der Waals surface area contributed by atoms with Gasteiger partial charge in [0.1, 0.15) is 25.4 Å². The van der Waals surface area contributed by atoms with Crippen LogP contribution < -0.4 is 0 Å². The first-order chi connectivity index (χ1) is 47.2. The number of aliphatic hydroxyl groups excluding tert-OH is 2. The van der Waals surface area contributed by atoms with Gasteiger partial charge in [-0.3, -0.25) is 32.5 Å². The lowest BCUT2D eigenvalue weighted by Crippen LogP contribution is -2.30. The average molecular weight is 1400 g/mol. The summed E-state index contributed by atoms with van der Waals surface area (Å²) < 4.78 is 60.9. The molecule has 0 heterocycles. The van der Waals surface area contributed by atoms with Crippen molar-refractivity contribution < 1.29 is 75.8 Å². The molecule has 0 aliphatic rings. The molecule has 18 heteroatoms. The molecule has 0 aliphatic carbocycles. The molecule has 0 saturated heterocycles. The molecule has 0 fully saturated rings. The summed E-state index contributed by atoms with van der Waals surface area (Å²) in [5.74, 6) is -1.64. The Morgan fingerprint density at radius 3 is 0.876 bits per heavy atom. The number of carbonyl (C=O) groups is 3. The number of phosphoric acid groups is 2. The zero-order chi connectivity index (χ0) is 70.9. The van der Waals surface area contributed by atoms with E-state index in [1.165, 1.54) is 32.1 Å². The zero-order valence-electron chi connectivity index (χ0n) is 59.9. The summed E-state index contributed by atoms with van der Waals surface area (Å²) in [6.07, 6.45) is 87.3. The molecule has 0 saturated carbocycles. The number of unbranched alkanes of at least 4 members (excludes halogenated alkanes) is 19. The first-order valence-corrected chi connectivity index (χ1v) is 39.8. The topological polar surface area (TPSA) is 231 Å². The number of esters is 3. The molecule has 0 aromatic heterocycles. The highest BCUT2D eigenvalue weighted by atomic mass is 31.2. The molecule has 0 aromatic rings. The van der Waals surface area contributed by atoms with Crippen molar-refractivity contribution in [2.24, 2.45) is 0 Å². The van der Waals surface area contributed by atoms with Crippen LogP contribution in [0.15, 0.2) is 158 Å². The molecule has 16 nitrogen and oxygen atoms in total. The van der Waals surface area contributed by atoms with E-state index >= 15 is 0 Å². The molecule has 5 atom stereocenters. The minimum Gasteiger partial charge on any atom is -0.463 e. The lowest BCUT2D eigenvalue weighted by atomic mass is 10.1. The van der Waals surface area contributed by atoms with Crippen LogP contribution in [0.25, 0.3) is 0 Å². The van der Waals surface area contributed by atoms with Gasteiger partial charge < -0.3 is 34.2 Å². The van der Waals surface area contributed by atoms with E-state index in [9.17, 15) is 43.5 Å². The van der Waals surface area contributed by atoms with Crippen LogP contribution in [0.1, 0.15) is 265 Å². The minimum atomic E-state index is -4.94. The molecule has 552 valence electrons. The third-order valence-electron chi connectivity index (χ3n) is 14.7. The summed E-state index contributed by atoms with van der Waals surface area (Å²) in [6, 6.07) is 0. The Balaban J connectivity index is 4.55. The molecule has 0 spiro atoms. The lowest BCUT2D eigenvalue weighted by molar-refractivity contribution is -0.161. The normalized spacial score (nSPS) is 15.0. The fourth-order valence-electron chi connectivity index (χ4n) is 9.17. The first kappa shape index (κ1) is 92.2. The summed E-state index contributed by atoms with van der Waals surface area (Å²) in [7, 11) is -9.80. The largest absolute Gasteiger partial charge is 0.472 e. The van der Waals surface area contributed by atoms with Gasteiger partial charge >= 0.3 is 33.6 Å². The zero-order valence-corrected chi connectivity index (χ0v) is 61.7. The van der Waals surface area contributed by atoms with Crippen LogP contribution in [0.3, 0.4) is 0 Å². The van der Waals surface area contributed by atoms with Gasteiger partial charge in [0, 0.05) is 19.3 Å². The maximum Gasteiger partial charge on any atom is 0.472 e. The highest BCUT2D eigenvalue weighted by molar-refractivity contribution is 7.47. The highest BCUT2D eigenvalue weighted by Crippen LogP contribution is 2.45. The van der Waals surface area contributed by atoms with Crippen LogP contribution in [-0.4, -0.2) is 95.9 Å². The van der Waals surface area contributed by atoms with Crippen LogP contribution in [0.4, 0.5) is 0 Å². The van der Waals surface area contributed by atoms with E-state index in [1.54, 1.807) is 0 Å². The number of allylic oxidation sites excluding steroid dienone is 26. The summed E-state index contributed by atoms with van der Waals surface area (Å²) >= 11 is 0. The number of rotatable bonds is 68. The van der Waals surface area contributed by atoms with Gasteiger partial charge in [-0.1, -0.05) is 262 Å². The second kappa shape index (κ2) is 71.0. The van der Waals surface area contributed by atoms with Gasteiger partial charge in [-0.15, -0.1) is 0 Å². The van der Waals surface area contributed by atoms with Gasteiger partial charge in [0.15, 0.2) is 6.10 Å². The van der Waals surface area contributed by atoms with E-state index in [0.29, 0.717) is 19.3 Å². The third kappa shape index (κ3) is 72.2. The van der Waals surface area contributed by atoms with E-state index in [2.05, 4.69) is 179 Å². The third-order valence-corrected chi connectivity index (χ3v) is 16.6. The van der Waals surface area contributed by atoms with Gasteiger partial charge in [-0.25, -0.2) is 9.13 Å². The quantitative estimate of drug-likeness (QED) is 0.0146. The van der Waals surface area contributed by atoms with Gasteiger partial charge in [0.2, 0.25) is 0 Å². The van der Waals surface area contributed by atoms with E-state index in [4.69, 9.17) is 32.3 Å². The fourth-order valence-corrected chi connectivity index (χ4v) is 10.8. The molecule has 0 aromatic carbocycles.